The lowest BCUT2D eigenvalue weighted by Gasteiger charge is -2.17. The summed E-state index contributed by atoms with van der Waals surface area (Å²) >= 11 is 0. The van der Waals surface area contributed by atoms with Crippen LogP contribution in [0.4, 0.5) is 0 Å². The number of Topliss-reactive ketones (excluding diaryl/α,β-unsaturated/α-hetero) is 2. The minimum Gasteiger partial charge on any atom is -0.295 e. The van der Waals surface area contributed by atoms with Crippen LogP contribution >= 0.6 is 0 Å². The molecule has 0 fully saturated rings. The molecule has 0 aliphatic heterocycles. The second-order valence-electron chi connectivity index (χ2n) is 3.14. The molecule has 0 N–H and O–H groups in total. The molecule has 1 aliphatic rings. The fraction of sp³-hybridized carbons (Fsp3) is 0.556. The Hall–Kier alpha value is -0.920. The Bertz CT molecular complexity index is 248. The number of allylic oxidation sites excluding steroid dienone is 2. The van der Waals surface area contributed by atoms with Gasteiger partial charge in [0.15, 0.2) is 11.6 Å². The van der Waals surface area contributed by atoms with Crippen molar-refractivity contribution in [3.05, 3.63) is 11.1 Å². The van der Waals surface area contributed by atoms with Gasteiger partial charge in [0.05, 0.1) is 0 Å². The lowest BCUT2D eigenvalue weighted by Crippen LogP contribution is -2.24. The molecule has 0 aromatic carbocycles. The first kappa shape index (κ1) is 8.18. The molecular weight excluding hydrogens is 140 g/mol. The molecule has 11 heavy (non-hydrogen) atoms. The predicted octanol–water partition coefficient (Wildman–Crippen LogP) is 1.50. The zero-order valence-corrected chi connectivity index (χ0v) is 7.10. The number of carbonyl (C=O) groups excluding carboxylic acids is 2. The first-order chi connectivity index (χ1) is 5.04. The summed E-state index contributed by atoms with van der Waals surface area (Å²) in [6.07, 6.45) is 0.391. The summed E-state index contributed by atoms with van der Waals surface area (Å²) in [6.45, 7) is 5.25. The quantitative estimate of drug-likeness (QED) is 0.527. The standard InChI is InChI=1S/C9H12O2/c1-5-4-8(10)6(2)7(3)9(5)11/h5H,4H2,1-3H3. The van der Waals surface area contributed by atoms with Gasteiger partial charge < -0.3 is 0 Å². The van der Waals surface area contributed by atoms with Crippen molar-refractivity contribution >= 4 is 11.6 Å². The van der Waals surface area contributed by atoms with E-state index in [1.54, 1.807) is 20.8 Å². The summed E-state index contributed by atoms with van der Waals surface area (Å²) < 4.78 is 0. The summed E-state index contributed by atoms with van der Waals surface area (Å²) in [5.74, 6) is 0.142. The van der Waals surface area contributed by atoms with Crippen LogP contribution in [0.15, 0.2) is 11.1 Å². The third-order valence-corrected chi connectivity index (χ3v) is 2.29. The van der Waals surface area contributed by atoms with E-state index in [2.05, 4.69) is 0 Å². The van der Waals surface area contributed by atoms with Gasteiger partial charge in [-0.3, -0.25) is 9.59 Å². The van der Waals surface area contributed by atoms with Gasteiger partial charge in [0.2, 0.25) is 0 Å². The third-order valence-electron chi connectivity index (χ3n) is 2.29. The Morgan fingerprint density at radius 3 is 2.27 bits per heavy atom. The zero-order valence-electron chi connectivity index (χ0n) is 7.10. The van der Waals surface area contributed by atoms with E-state index >= 15 is 0 Å². The molecule has 0 amide bonds. The van der Waals surface area contributed by atoms with Crippen molar-refractivity contribution < 1.29 is 9.59 Å². The predicted molar refractivity (Wildman–Crippen MR) is 42.2 cm³/mol. The lowest BCUT2D eigenvalue weighted by molar-refractivity contribution is -0.125. The first-order valence-corrected chi connectivity index (χ1v) is 3.79. The second-order valence-corrected chi connectivity index (χ2v) is 3.14. The average Bonchev–Trinajstić information content (AvgIpc) is 1.97. The van der Waals surface area contributed by atoms with E-state index in [9.17, 15) is 9.59 Å². The maximum atomic E-state index is 11.3. The topological polar surface area (TPSA) is 34.1 Å². The summed E-state index contributed by atoms with van der Waals surface area (Å²) in [5.41, 5.74) is 1.29. The Balaban J connectivity index is 3.08. The van der Waals surface area contributed by atoms with Crippen molar-refractivity contribution in [1.29, 1.82) is 0 Å². The smallest absolute Gasteiger partial charge is 0.162 e. The van der Waals surface area contributed by atoms with E-state index in [1.807, 2.05) is 0 Å². The van der Waals surface area contributed by atoms with Crippen LogP contribution < -0.4 is 0 Å². The van der Waals surface area contributed by atoms with Crippen LogP contribution in [0.5, 0.6) is 0 Å². The van der Waals surface area contributed by atoms with Gasteiger partial charge in [-0.15, -0.1) is 0 Å². The summed E-state index contributed by atoms with van der Waals surface area (Å²) in [7, 11) is 0. The van der Waals surface area contributed by atoms with Gasteiger partial charge in [0, 0.05) is 12.3 Å². The Kier molecular flexibility index (Phi) is 1.94. The summed E-state index contributed by atoms with van der Waals surface area (Å²) in [4.78, 5) is 22.4. The molecule has 0 heterocycles. The molecule has 2 nitrogen and oxygen atoms in total. The normalized spacial score (nSPS) is 26.3. The highest BCUT2D eigenvalue weighted by Crippen LogP contribution is 2.22. The van der Waals surface area contributed by atoms with Gasteiger partial charge in [-0.05, 0) is 25.0 Å². The molecule has 1 unspecified atom stereocenters. The largest absolute Gasteiger partial charge is 0.295 e. The number of ketones is 2. The molecule has 1 atom stereocenters. The van der Waals surface area contributed by atoms with Gasteiger partial charge in [-0.25, -0.2) is 0 Å². The van der Waals surface area contributed by atoms with Crippen LogP contribution in [0, 0.1) is 5.92 Å². The SMILES string of the molecule is CC1=C(C)C(=O)C(C)CC1=O. The number of rotatable bonds is 0. The molecule has 1 rings (SSSR count). The Labute approximate surface area is 66.3 Å². The van der Waals surface area contributed by atoms with E-state index < -0.39 is 0 Å². The molecule has 2 heteroatoms. The summed E-state index contributed by atoms with van der Waals surface area (Å²) in [6, 6.07) is 0. The van der Waals surface area contributed by atoms with Crippen LogP contribution in [-0.2, 0) is 9.59 Å². The number of hydrogen-bond acceptors (Lipinski definition) is 2. The van der Waals surface area contributed by atoms with Crippen LogP contribution in [0.2, 0.25) is 0 Å². The molecule has 0 aromatic rings. The maximum Gasteiger partial charge on any atom is 0.162 e. The van der Waals surface area contributed by atoms with E-state index in [1.165, 1.54) is 0 Å². The van der Waals surface area contributed by atoms with Crippen molar-refractivity contribution in [2.24, 2.45) is 5.92 Å². The molecule has 1 aliphatic carbocycles. The van der Waals surface area contributed by atoms with E-state index in [-0.39, 0.29) is 17.5 Å². The van der Waals surface area contributed by atoms with Gasteiger partial charge in [-0.1, -0.05) is 6.92 Å². The minimum atomic E-state index is -0.105. The van der Waals surface area contributed by atoms with Crippen molar-refractivity contribution in [3.63, 3.8) is 0 Å². The van der Waals surface area contributed by atoms with Crippen molar-refractivity contribution in [2.75, 3.05) is 0 Å². The van der Waals surface area contributed by atoms with E-state index in [4.69, 9.17) is 0 Å². The molecule has 60 valence electrons. The molecule has 0 radical (unpaired) electrons. The molecule has 0 aromatic heterocycles. The Morgan fingerprint density at radius 2 is 1.73 bits per heavy atom. The molecule has 0 bridgehead atoms. The third kappa shape index (κ3) is 1.25. The van der Waals surface area contributed by atoms with Gasteiger partial charge in [0.25, 0.3) is 0 Å². The van der Waals surface area contributed by atoms with Crippen LogP contribution in [0.25, 0.3) is 0 Å². The molecule has 0 saturated heterocycles. The number of carbonyl (C=O) groups is 2. The molecule has 0 saturated carbocycles. The first-order valence-electron chi connectivity index (χ1n) is 3.79. The molecular formula is C9H12O2. The second kappa shape index (κ2) is 2.61. The zero-order chi connectivity index (χ0) is 8.59. The average molecular weight is 152 g/mol. The fourth-order valence-corrected chi connectivity index (χ4v) is 1.29. The van der Waals surface area contributed by atoms with E-state index in [0.717, 1.165) is 0 Å². The highest BCUT2D eigenvalue weighted by atomic mass is 16.1. The highest BCUT2D eigenvalue weighted by molar-refractivity contribution is 6.11. The van der Waals surface area contributed by atoms with Crippen LogP contribution in [-0.4, -0.2) is 11.6 Å². The van der Waals surface area contributed by atoms with Crippen molar-refractivity contribution in [3.8, 4) is 0 Å². The fourth-order valence-electron chi connectivity index (χ4n) is 1.29. The van der Waals surface area contributed by atoms with Crippen LogP contribution in [0.3, 0.4) is 0 Å². The van der Waals surface area contributed by atoms with E-state index in [0.29, 0.717) is 17.6 Å². The van der Waals surface area contributed by atoms with Crippen LogP contribution in [0.1, 0.15) is 27.2 Å². The minimum absolute atomic E-state index is 0.105. The van der Waals surface area contributed by atoms with Crippen molar-refractivity contribution in [1.82, 2.24) is 0 Å². The highest BCUT2D eigenvalue weighted by Gasteiger charge is 2.26. The maximum absolute atomic E-state index is 11.3. The Morgan fingerprint density at radius 1 is 1.18 bits per heavy atom. The van der Waals surface area contributed by atoms with Gasteiger partial charge in [-0.2, -0.15) is 0 Å². The number of hydrogen-bond donors (Lipinski definition) is 0. The molecule has 0 spiro atoms. The monoisotopic (exact) mass is 152 g/mol. The van der Waals surface area contributed by atoms with Gasteiger partial charge >= 0.3 is 0 Å². The summed E-state index contributed by atoms with van der Waals surface area (Å²) in [5, 5.41) is 0. The van der Waals surface area contributed by atoms with Crippen molar-refractivity contribution in [2.45, 2.75) is 27.2 Å². The van der Waals surface area contributed by atoms with Gasteiger partial charge in [0.1, 0.15) is 0 Å². The lowest BCUT2D eigenvalue weighted by atomic mass is 9.84.